The summed E-state index contributed by atoms with van der Waals surface area (Å²) in [4.78, 5) is 26.5. The van der Waals surface area contributed by atoms with Crippen LogP contribution in [0.5, 0.6) is 11.5 Å². The molecule has 31 heavy (non-hydrogen) atoms. The number of halogens is 1. The van der Waals surface area contributed by atoms with Crippen LogP contribution in [0.25, 0.3) is 0 Å². The smallest absolute Gasteiger partial charge is 0.325 e. The number of imide groups is 1. The van der Waals surface area contributed by atoms with Crippen molar-refractivity contribution in [1.29, 1.82) is 0 Å². The summed E-state index contributed by atoms with van der Waals surface area (Å²) in [5, 5.41) is 5.02. The van der Waals surface area contributed by atoms with E-state index in [1.54, 1.807) is 18.2 Å². The highest BCUT2D eigenvalue weighted by molar-refractivity contribution is 6.01. The first kappa shape index (κ1) is 21.1. The Bertz CT molecular complexity index is 927. The maximum atomic E-state index is 13.0. The molecule has 164 valence electrons. The van der Waals surface area contributed by atoms with E-state index < -0.39 is 6.03 Å². The Balaban J connectivity index is 1.18. The molecule has 0 unspecified atom stereocenters. The normalized spacial score (nSPS) is 16.5. The number of ether oxygens (including phenoxy) is 2. The number of fused-ring (bicyclic) bond motifs is 1. The first-order chi connectivity index (χ1) is 15.0. The average molecular weight is 427 g/mol. The second-order valence-corrected chi connectivity index (χ2v) is 7.91. The molecule has 2 heterocycles. The Kier molecular flexibility index (Phi) is 6.66. The monoisotopic (exact) mass is 427 g/mol. The lowest BCUT2D eigenvalue weighted by molar-refractivity contribution is -0.121. The zero-order valence-electron chi connectivity index (χ0n) is 17.2. The number of rotatable bonds is 5. The molecule has 0 atom stereocenters. The first-order valence-electron chi connectivity index (χ1n) is 10.5. The first-order valence-corrected chi connectivity index (χ1v) is 10.5. The Morgan fingerprint density at radius 2 is 1.71 bits per heavy atom. The van der Waals surface area contributed by atoms with Crippen molar-refractivity contribution in [2.24, 2.45) is 5.92 Å². The maximum absolute atomic E-state index is 13.0. The van der Waals surface area contributed by atoms with Gasteiger partial charge in [-0.2, -0.15) is 0 Å². The van der Waals surface area contributed by atoms with Gasteiger partial charge >= 0.3 is 6.03 Å². The number of nitrogens with zero attached hydrogens (tertiary/aromatic N) is 1. The summed E-state index contributed by atoms with van der Waals surface area (Å²) in [5.74, 6) is 1.16. The Morgan fingerprint density at radius 3 is 2.45 bits per heavy atom. The van der Waals surface area contributed by atoms with Gasteiger partial charge in [0.05, 0.1) is 6.54 Å². The molecular weight excluding hydrogens is 401 g/mol. The zero-order valence-corrected chi connectivity index (χ0v) is 17.2. The number of hydrogen-bond donors (Lipinski definition) is 2. The van der Waals surface area contributed by atoms with Gasteiger partial charge in [0, 0.05) is 11.8 Å². The van der Waals surface area contributed by atoms with Crippen LogP contribution in [0.1, 0.15) is 18.4 Å². The number of carbonyl (C=O) groups is 2. The van der Waals surface area contributed by atoms with E-state index in [1.165, 1.54) is 12.1 Å². The molecule has 2 aliphatic heterocycles. The second-order valence-electron chi connectivity index (χ2n) is 7.91. The lowest BCUT2D eigenvalue weighted by Crippen LogP contribution is -2.44. The van der Waals surface area contributed by atoms with Gasteiger partial charge in [-0.25, -0.2) is 9.18 Å². The van der Waals surface area contributed by atoms with Crippen molar-refractivity contribution in [2.45, 2.75) is 19.3 Å². The van der Waals surface area contributed by atoms with Gasteiger partial charge in [0.2, 0.25) is 5.91 Å². The van der Waals surface area contributed by atoms with Crippen LogP contribution in [0.4, 0.5) is 14.9 Å². The van der Waals surface area contributed by atoms with Gasteiger partial charge in [-0.1, -0.05) is 12.1 Å². The molecule has 2 N–H and O–H groups in total. The van der Waals surface area contributed by atoms with Crippen LogP contribution in [0.15, 0.2) is 42.5 Å². The molecule has 0 aliphatic carbocycles. The van der Waals surface area contributed by atoms with Crippen molar-refractivity contribution in [1.82, 2.24) is 10.2 Å². The molecule has 0 aromatic heterocycles. The number of hydrogen-bond acceptors (Lipinski definition) is 5. The van der Waals surface area contributed by atoms with Crippen molar-refractivity contribution in [3.63, 3.8) is 0 Å². The highest BCUT2D eigenvalue weighted by Gasteiger charge is 2.22. The molecule has 4 rings (SSSR count). The minimum Gasteiger partial charge on any atom is -0.486 e. The van der Waals surface area contributed by atoms with Gasteiger partial charge in [0.25, 0.3) is 0 Å². The molecule has 7 nitrogen and oxygen atoms in total. The van der Waals surface area contributed by atoms with Gasteiger partial charge in [-0.15, -0.1) is 0 Å². The molecule has 2 aromatic rings. The summed E-state index contributed by atoms with van der Waals surface area (Å²) in [5.41, 5.74) is 1.66. The molecule has 1 saturated heterocycles. The fourth-order valence-corrected chi connectivity index (χ4v) is 3.96. The van der Waals surface area contributed by atoms with Crippen LogP contribution in [0.3, 0.4) is 0 Å². The molecule has 8 heteroatoms. The van der Waals surface area contributed by atoms with E-state index in [2.05, 4.69) is 10.6 Å². The number of nitrogens with one attached hydrogen (secondary N) is 2. The minimum absolute atomic E-state index is 0.178. The predicted octanol–water partition coefficient (Wildman–Crippen LogP) is 3.20. The van der Waals surface area contributed by atoms with Gasteiger partial charge in [0.1, 0.15) is 19.0 Å². The van der Waals surface area contributed by atoms with Crippen molar-refractivity contribution < 1.29 is 23.5 Å². The average Bonchev–Trinajstić information content (AvgIpc) is 2.76. The summed E-state index contributed by atoms with van der Waals surface area (Å²) >= 11 is 0. The second kappa shape index (κ2) is 9.78. The molecule has 3 amide bonds. The van der Waals surface area contributed by atoms with E-state index in [9.17, 15) is 14.0 Å². The molecule has 0 spiro atoms. The van der Waals surface area contributed by atoms with Crippen LogP contribution in [-0.2, 0) is 11.2 Å². The third kappa shape index (κ3) is 5.95. The van der Waals surface area contributed by atoms with Crippen LogP contribution >= 0.6 is 0 Å². The van der Waals surface area contributed by atoms with Crippen molar-refractivity contribution in [2.75, 3.05) is 38.2 Å². The number of likely N-dealkylation sites (tertiary alicyclic amines) is 1. The van der Waals surface area contributed by atoms with E-state index in [4.69, 9.17) is 9.47 Å². The fraction of sp³-hybridized carbons (Fsp3) is 0.391. The molecule has 2 aromatic carbocycles. The van der Waals surface area contributed by atoms with E-state index in [0.717, 1.165) is 37.9 Å². The van der Waals surface area contributed by atoms with Gasteiger partial charge < -0.3 is 14.8 Å². The molecular formula is C23H26FN3O4. The van der Waals surface area contributed by atoms with Gasteiger partial charge in [-0.05, 0) is 68.1 Å². The Labute approximate surface area is 180 Å². The number of carbonyl (C=O) groups excluding carboxylic acids is 2. The maximum Gasteiger partial charge on any atom is 0.325 e. The summed E-state index contributed by atoms with van der Waals surface area (Å²) in [6.45, 7) is 2.73. The van der Waals surface area contributed by atoms with Gasteiger partial charge in [0.15, 0.2) is 11.5 Å². The van der Waals surface area contributed by atoms with Crippen LogP contribution in [0, 0.1) is 11.7 Å². The lowest BCUT2D eigenvalue weighted by atomic mass is 9.90. The topological polar surface area (TPSA) is 79.9 Å². The summed E-state index contributed by atoms with van der Waals surface area (Å²) in [7, 11) is 0. The lowest BCUT2D eigenvalue weighted by Gasteiger charge is -2.31. The Morgan fingerprint density at radius 1 is 1.00 bits per heavy atom. The quantitative estimate of drug-likeness (QED) is 0.766. The Hall–Kier alpha value is -3.13. The van der Waals surface area contributed by atoms with E-state index in [1.807, 2.05) is 17.0 Å². The largest absolute Gasteiger partial charge is 0.486 e. The number of urea groups is 1. The van der Waals surface area contributed by atoms with Crippen LogP contribution in [0.2, 0.25) is 0 Å². The number of benzene rings is 2. The summed E-state index contributed by atoms with van der Waals surface area (Å²) in [6.07, 6.45) is 2.85. The van der Waals surface area contributed by atoms with Crippen molar-refractivity contribution in [3.8, 4) is 11.5 Å². The number of anilines is 1. The third-order valence-electron chi connectivity index (χ3n) is 5.56. The fourth-order valence-electron chi connectivity index (χ4n) is 3.96. The van der Waals surface area contributed by atoms with E-state index in [-0.39, 0.29) is 18.3 Å². The summed E-state index contributed by atoms with van der Waals surface area (Å²) in [6, 6.07) is 11.2. The predicted molar refractivity (Wildman–Crippen MR) is 114 cm³/mol. The molecule has 1 fully saturated rings. The SMILES string of the molecule is O=C(CN1CCC(Cc2ccc(F)cc2)CC1)NC(=O)Nc1ccc2c(c1)OCCO2. The van der Waals surface area contributed by atoms with Crippen molar-refractivity contribution in [3.05, 3.63) is 53.8 Å². The number of piperidine rings is 1. The van der Waals surface area contributed by atoms with Crippen molar-refractivity contribution >= 4 is 17.6 Å². The van der Waals surface area contributed by atoms with E-state index in [0.29, 0.717) is 36.3 Å². The van der Waals surface area contributed by atoms with E-state index >= 15 is 0 Å². The highest BCUT2D eigenvalue weighted by Crippen LogP contribution is 2.32. The molecule has 0 bridgehead atoms. The summed E-state index contributed by atoms with van der Waals surface area (Å²) < 4.78 is 24.0. The molecule has 2 aliphatic rings. The van der Waals surface area contributed by atoms with Crippen LogP contribution < -0.4 is 20.1 Å². The van der Waals surface area contributed by atoms with Crippen LogP contribution in [-0.4, -0.2) is 49.7 Å². The number of amides is 3. The standard InChI is InChI=1S/C23H26FN3O4/c24-18-3-1-16(2-4-18)13-17-7-9-27(10-8-17)15-22(28)26-23(29)25-19-5-6-20-21(14-19)31-12-11-30-20/h1-6,14,17H,7-13,15H2,(H2,25,26,28,29). The van der Waals surface area contributed by atoms with Gasteiger partial charge in [-0.3, -0.25) is 15.0 Å². The molecule has 0 saturated carbocycles. The zero-order chi connectivity index (χ0) is 21.6. The highest BCUT2D eigenvalue weighted by atomic mass is 19.1. The molecule has 0 radical (unpaired) electrons. The third-order valence-corrected chi connectivity index (χ3v) is 5.56. The minimum atomic E-state index is -0.576.